The lowest BCUT2D eigenvalue weighted by Gasteiger charge is -2.08. The van der Waals surface area contributed by atoms with Crippen LogP contribution < -0.4 is 5.32 Å². The Morgan fingerprint density at radius 3 is 2.62 bits per heavy atom. The number of phenols is 1. The van der Waals surface area contributed by atoms with Crippen LogP contribution in [0.25, 0.3) is 0 Å². The largest absolute Gasteiger partial charge is 0.506 e. The third kappa shape index (κ3) is 3.61. The van der Waals surface area contributed by atoms with E-state index in [-0.39, 0.29) is 22.7 Å². The van der Waals surface area contributed by atoms with Crippen molar-refractivity contribution in [2.75, 3.05) is 5.32 Å². The fraction of sp³-hybridized carbons (Fsp3) is 0. The second kappa shape index (κ2) is 6.27. The summed E-state index contributed by atoms with van der Waals surface area (Å²) in [6, 6.07) is 8.10. The molecule has 0 unspecified atom stereocenters. The molecular formula is C13H8ClIN2O4. The summed E-state index contributed by atoms with van der Waals surface area (Å²) in [6.45, 7) is 0. The van der Waals surface area contributed by atoms with Crippen LogP contribution in [-0.4, -0.2) is 15.9 Å². The Balaban J connectivity index is 2.28. The van der Waals surface area contributed by atoms with E-state index in [9.17, 15) is 20.0 Å². The van der Waals surface area contributed by atoms with Crippen molar-refractivity contribution in [3.63, 3.8) is 0 Å². The highest BCUT2D eigenvalue weighted by Crippen LogP contribution is 2.28. The molecule has 2 rings (SSSR count). The first-order chi connectivity index (χ1) is 9.88. The maximum atomic E-state index is 12.1. The van der Waals surface area contributed by atoms with Gasteiger partial charge in [0.2, 0.25) is 0 Å². The van der Waals surface area contributed by atoms with Crippen molar-refractivity contribution < 1.29 is 14.8 Å². The predicted molar refractivity (Wildman–Crippen MR) is 86.9 cm³/mol. The standard InChI is InChI=1S/C13H8ClIN2O4/c14-9-5-7(1-3-10(9)15)13(19)16-11-6-8(17(20)21)2-4-12(11)18/h1-6,18H,(H,16,19). The van der Waals surface area contributed by atoms with Gasteiger partial charge in [0.05, 0.1) is 15.6 Å². The molecule has 6 nitrogen and oxygen atoms in total. The van der Waals surface area contributed by atoms with Crippen molar-refractivity contribution >= 4 is 51.5 Å². The lowest BCUT2D eigenvalue weighted by atomic mass is 10.2. The van der Waals surface area contributed by atoms with Crippen molar-refractivity contribution in [1.82, 2.24) is 0 Å². The van der Waals surface area contributed by atoms with Gasteiger partial charge < -0.3 is 10.4 Å². The number of nitrogens with zero attached hydrogens (tertiary/aromatic N) is 1. The van der Waals surface area contributed by atoms with Gasteiger partial charge in [0.1, 0.15) is 5.75 Å². The maximum Gasteiger partial charge on any atom is 0.271 e. The monoisotopic (exact) mass is 418 g/mol. The quantitative estimate of drug-likeness (QED) is 0.343. The van der Waals surface area contributed by atoms with Crippen LogP contribution in [0.3, 0.4) is 0 Å². The fourth-order valence-electron chi connectivity index (χ4n) is 1.57. The number of aromatic hydroxyl groups is 1. The van der Waals surface area contributed by atoms with Gasteiger partial charge >= 0.3 is 0 Å². The first-order valence-corrected chi connectivity index (χ1v) is 7.08. The summed E-state index contributed by atoms with van der Waals surface area (Å²) in [5, 5.41) is 23.2. The molecule has 108 valence electrons. The number of non-ortho nitro benzene ring substituents is 1. The molecule has 2 aromatic rings. The molecule has 0 saturated carbocycles. The number of benzene rings is 2. The maximum absolute atomic E-state index is 12.1. The number of carbonyl (C=O) groups excluding carboxylic acids is 1. The summed E-state index contributed by atoms with van der Waals surface area (Å²) in [5.41, 5.74) is 0.0129. The molecule has 8 heteroatoms. The van der Waals surface area contributed by atoms with Gasteiger partial charge in [0.25, 0.3) is 11.6 Å². The van der Waals surface area contributed by atoms with Gasteiger partial charge in [-0.15, -0.1) is 0 Å². The number of nitro benzene ring substituents is 1. The van der Waals surface area contributed by atoms with E-state index < -0.39 is 10.8 Å². The average molecular weight is 419 g/mol. The summed E-state index contributed by atoms with van der Waals surface area (Å²) in [7, 11) is 0. The molecule has 0 fully saturated rings. The molecule has 0 radical (unpaired) electrons. The Bertz CT molecular complexity index is 736. The molecule has 0 saturated heterocycles. The number of nitrogens with one attached hydrogen (secondary N) is 1. The number of amides is 1. The number of halogens is 2. The molecule has 0 aliphatic rings. The summed E-state index contributed by atoms with van der Waals surface area (Å²) < 4.78 is 0.795. The van der Waals surface area contributed by atoms with Gasteiger partial charge in [-0.1, -0.05) is 11.6 Å². The van der Waals surface area contributed by atoms with E-state index in [1.165, 1.54) is 6.07 Å². The zero-order valence-electron chi connectivity index (χ0n) is 10.3. The Labute approximate surface area is 138 Å². The minimum atomic E-state index is -0.614. The molecule has 0 bridgehead atoms. The van der Waals surface area contributed by atoms with Gasteiger partial charge in [-0.2, -0.15) is 0 Å². The Morgan fingerprint density at radius 1 is 1.29 bits per heavy atom. The van der Waals surface area contributed by atoms with Gasteiger partial charge in [-0.05, 0) is 46.9 Å². The molecule has 0 aromatic heterocycles. The molecule has 2 aromatic carbocycles. The zero-order valence-corrected chi connectivity index (χ0v) is 13.3. The topological polar surface area (TPSA) is 92.5 Å². The highest BCUT2D eigenvalue weighted by atomic mass is 127. The predicted octanol–water partition coefficient (Wildman–Crippen LogP) is 3.81. The average Bonchev–Trinajstić information content (AvgIpc) is 2.43. The van der Waals surface area contributed by atoms with Crippen LogP contribution >= 0.6 is 34.2 Å². The van der Waals surface area contributed by atoms with Gasteiger partial charge in [-0.25, -0.2) is 0 Å². The molecule has 0 atom stereocenters. The lowest BCUT2D eigenvalue weighted by Crippen LogP contribution is -2.12. The highest BCUT2D eigenvalue weighted by molar-refractivity contribution is 14.1. The van der Waals surface area contributed by atoms with E-state index >= 15 is 0 Å². The van der Waals surface area contributed by atoms with E-state index in [1.807, 2.05) is 22.6 Å². The van der Waals surface area contributed by atoms with E-state index in [2.05, 4.69) is 5.32 Å². The number of hydrogen-bond acceptors (Lipinski definition) is 4. The van der Waals surface area contributed by atoms with Crippen molar-refractivity contribution in [2.45, 2.75) is 0 Å². The van der Waals surface area contributed by atoms with E-state index in [0.717, 1.165) is 21.8 Å². The third-order valence-electron chi connectivity index (χ3n) is 2.62. The minimum absolute atomic E-state index is 0.0381. The fourth-order valence-corrected chi connectivity index (χ4v) is 2.09. The summed E-state index contributed by atoms with van der Waals surface area (Å²) in [4.78, 5) is 22.1. The number of phenolic OH excluding ortho intramolecular Hbond substituents is 1. The molecule has 0 spiro atoms. The Morgan fingerprint density at radius 2 is 2.00 bits per heavy atom. The van der Waals surface area contributed by atoms with Gasteiger partial charge in [-0.3, -0.25) is 14.9 Å². The number of hydrogen-bond donors (Lipinski definition) is 2. The number of carbonyl (C=O) groups is 1. The lowest BCUT2D eigenvalue weighted by molar-refractivity contribution is -0.384. The molecule has 0 heterocycles. The van der Waals surface area contributed by atoms with Gasteiger partial charge in [0.15, 0.2) is 0 Å². The Kier molecular flexibility index (Phi) is 4.63. The second-order valence-electron chi connectivity index (χ2n) is 4.04. The first-order valence-electron chi connectivity index (χ1n) is 5.62. The van der Waals surface area contributed by atoms with E-state index in [0.29, 0.717) is 5.02 Å². The normalized spacial score (nSPS) is 10.2. The van der Waals surface area contributed by atoms with Gasteiger partial charge in [0, 0.05) is 21.3 Å². The summed E-state index contributed by atoms with van der Waals surface area (Å²) >= 11 is 7.96. The van der Waals surface area contributed by atoms with Crippen LogP contribution in [0.2, 0.25) is 5.02 Å². The van der Waals surface area contributed by atoms with E-state index in [1.54, 1.807) is 12.1 Å². The van der Waals surface area contributed by atoms with Crippen LogP contribution in [-0.2, 0) is 0 Å². The van der Waals surface area contributed by atoms with Crippen molar-refractivity contribution in [1.29, 1.82) is 0 Å². The smallest absolute Gasteiger partial charge is 0.271 e. The second-order valence-corrected chi connectivity index (χ2v) is 5.61. The molecular weight excluding hydrogens is 411 g/mol. The van der Waals surface area contributed by atoms with Crippen LogP contribution in [0, 0.1) is 13.7 Å². The zero-order chi connectivity index (χ0) is 15.6. The molecule has 2 N–H and O–H groups in total. The third-order valence-corrected chi connectivity index (χ3v) is 4.19. The minimum Gasteiger partial charge on any atom is -0.506 e. The highest BCUT2D eigenvalue weighted by Gasteiger charge is 2.14. The molecule has 0 aliphatic heterocycles. The number of anilines is 1. The van der Waals surface area contributed by atoms with Crippen molar-refractivity contribution in [3.05, 3.63) is 60.7 Å². The Hall–Kier alpha value is -1.87. The molecule has 1 amide bonds. The first kappa shape index (κ1) is 15.5. The van der Waals surface area contributed by atoms with E-state index in [4.69, 9.17) is 11.6 Å². The van der Waals surface area contributed by atoms with Crippen LogP contribution in [0.5, 0.6) is 5.75 Å². The van der Waals surface area contributed by atoms with Crippen molar-refractivity contribution in [2.24, 2.45) is 0 Å². The number of nitro groups is 1. The summed E-state index contributed by atoms with van der Waals surface area (Å²) in [5.74, 6) is -0.783. The summed E-state index contributed by atoms with van der Waals surface area (Å²) in [6.07, 6.45) is 0. The number of rotatable bonds is 3. The van der Waals surface area contributed by atoms with Crippen molar-refractivity contribution in [3.8, 4) is 5.75 Å². The van der Waals surface area contributed by atoms with Crippen LogP contribution in [0.15, 0.2) is 36.4 Å². The molecule has 21 heavy (non-hydrogen) atoms. The van der Waals surface area contributed by atoms with Crippen LogP contribution in [0.4, 0.5) is 11.4 Å². The SMILES string of the molecule is O=C(Nc1cc([N+](=O)[O-])ccc1O)c1ccc(I)c(Cl)c1. The van der Waals surface area contributed by atoms with Crippen LogP contribution in [0.1, 0.15) is 10.4 Å². The molecule has 0 aliphatic carbocycles.